The van der Waals surface area contributed by atoms with E-state index in [4.69, 9.17) is 0 Å². The predicted octanol–water partition coefficient (Wildman–Crippen LogP) is 2.47. The first kappa shape index (κ1) is 14.8. The van der Waals surface area contributed by atoms with Crippen LogP contribution in [0, 0.1) is 0 Å². The van der Waals surface area contributed by atoms with E-state index in [-0.39, 0.29) is 23.3 Å². The second-order valence-electron chi connectivity index (χ2n) is 5.02. The average molecular weight is 287 g/mol. The third kappa shape index (κ3) is 2.97. The lowest BCUT2D eigenvalue weighted by atomic mass is 10.00. The van der Waals surface area contributed by atoms with Crippen LogP contribution in [0.25, 0.3) is 10.8 Å². The van der Waals surface area contributed by atoms with Crippen LogP contribution in [0.15, 0.2) is 30.3 Å². The van der Waals surface area contributed by atoms with Gasteiger partial charge >= 0.3 is 5.97 Å². The summed E-state index contributed by atoms with van der Waals surface area (Å²) in [6, 6.07) is 7.91. The van der Waals surface area contributed by atoms with Crippen molar-refractivity contribution in [1.82, 2.24) is 5.32 Å². The summed E-state index contributed by atoms with van der Waals surface area (Å²) in [6.07, 6.45) is 0. The Morgan fingerprint density at radius 2 is 1.90 bits per heavy atom. The van der Waals surface area contributed by atoms with Crippen molar-refractivity contribution in [2.24, 2.45) is 0 Å². The Morgan fingerprint density at radius 3 is 2.52 bits per heavy atom. The molecule has 2 aromatic rings. The van der Waals surface area contributed by atoms with Gasteiger partial charge in [-0.25, -0.2) is 4.79 Å². The summed E-state index contributed by atoms with van der Waals surface area (Å²) in [5.41, 5.74) is 0.606. The molecule has 0 aromatic heterocycles. The summed E-state index contributed by atoms with van der Waals surface area (Å²) >= 11 is 0. The summed E-state index contributed by atoms with van der Waals surface area (Å²) in [4.78, 5) is 23.9. The number of carbonyl (C=O) groups excluding carboxylic acids is 2. The molecule has 110 valence electrons. The van der Waals surface area contributed by atoms with Crippen LogP contribution in [-0.2, 0) is 4.74 Å². The van der Waals surface area contributed by atoms with Gasteiger partial charge in [0, 0.05) is 17.0 Å². The number of rotatable bonds is 3. The zero-order valence-electron chi connectivity index (χ0n) is 12.1. The second-order valence-corrected chi connectivity index (χ2v) is 5.02. The highest BCUT2D eigenvalue weighted by Gasteiger charge is 2.16. The lowest BCUT2D eigenvalue weighted by Gasteiger charge is -2.12. The zero-order valence-corrected chi connectivity index (χ0v) is 12.1. The van der Waals surface area contributed by atoms with Gasteiger partial charge < -0.3 is 15.2 Å². The number of benzene rings is 2. The third-order valence-electron chi connectivity index (χ3n) is 3.06. The minimum absolute atomic E-state index is 0.00913. The molecule has 21 heavy (non-hydrogen) atoms. The van der Waals surface area contributed by atoms with Crippen molar-refractivity contribution in [3.8, 4) is 5.75 Å². The maximum Gasteiger partial charge on any atom is 0.338 e. The SMILES string of the molecule is COC(=O)c1cc(O)c2cccc(C(=O)NC(C)C)c2c1. The molecule has 5 nitrogen and oxygen atoms in total. The largest absolute Gasteiger partial charge is 0.507 e. The topological polar surface area (TPSA) is 75.6 Å². The van der Waals surface area contributed by atoms with Crippen molar-refractivity contribution in [2.75, 3.05) is 7.11 Å². The van der Waals surface area contributed by atoms with Crippen LogP contribution < -0.4 is 5.32 Å². The molecule has 0 aliphatic heterocycles. The molecule has 2 N–H and O–H groups in total. The minimum Gasteiger partial charge on any atom is -0.507 e. The highest BCUT2D eigenvalue weighted by molar-refractivity contribution is 6.10. The van der Waals surface area contributed by atoms with E-state index < -0.39 is 5.97 Å². The molecule has 0 saturated carbocycles. The van der Waals surface area contributed by atoms with Gasteiger partial charge in [0.15, 0.2) is 0 Å². The fourth-order valence-electron chi connectivity index (χ4n) is 2.14. The number of esters is 1. The number of fused-ring (bicyclic) bond motifs is 1. The zero-order chi connectivity index (χ0) is 15.6. The van der Waals surface area contributed by atoms with E-state index in [1.165, 1.54) is 13.2 Å². The molecule has 0 unspecified atom stereocenters. The summed E-state index contributed by atoms with van der Waals surface area (Å²) in [6.45, 7) is 3.72. The first-order valence-corrected chi connectivity index (χ1v) is 6.59. The molecule has 0 heterocycles. The van der Waals surface area contributed by atoms with E-state index in [9.17, 15) is 14.7 Å². The number of hydrogen-bond donors (Lipinski definition) is 2. The summed E-state index contributed by atoms with van der Waals surface area (Å²) in [5.74, 6) is -0.879. The van der Waals surface area contributed by atoms with Gasteiger partial charge in [-0.05, 0) is 37.4 Å². The van der Waals surface area contributed by atoms with Crippen LogP contribution in [0.5, 0.6) is 5.75 Å². The molecule has 0 saturated heterocycles. The fraction of sp³-hybridized carbons (Fsp3) is 0.250. The Balaban J connectivity index is 2.64. The number of phenolic OH excluding ortho intramolecular Hbond substituents is 1. The molecule has 0 fully saturated rings. The average Bonchev–Trinajstić information content (AvgIpc) is 2.45. The molecule has 0 aliphatic carbocycles. The smallest absolute Gasteiger partial charge is 0.338 e. The summed E-state index contributed by atoms with van der Waals surface area (Å²) < 4.78 is 4.65. The molecule has 2 rings (SSSR count). The number of phenols is 1. The maximum absolute atomic E-state index is 12.2. The van der Waals surface area contributed by atoms with Gasteiger partial charge in [-0.15, -0.1) is 0 Å². The Hall–Kier alpha value is -2.56. The van der Waals surface area contributed by atoms with Crippen molar-refractivity contribution in [2.45, 2.75) is 19.9 Å². The highest BCUT2D eigenvalue weighted by atomic mass is 16.5. The van der Waals surface area contributed by atoms with E-state index in [0.717, 1.165) is 0 Å². The quantitative estimate of drug-likeness (QED) is 0.850. The van der Waals surface area contributed by atoms with Gasteiger partial charge in [0.05, 0.1) is 12.7 Å². The van der Waals surface area contributed by atoms with E-state index in [1.54, 1.807) is 24.3 Å². The number of ether oxygens (including phenoxy) is 1. The van der Waals surface area contributed by atoms with Crippen molar-refractivity contribution >= 4 is 22.6 Å². The summed E-state index contributed by atoms with van der Waals surface area (Å²) in [5, 5.41) is 13.9. The number of nitrogens with one attached hydrogen (secondary N) is 1. The van der Waals surface area contributed by atoms with Crippen molar-refractivity contribution in [3.05, 3.63) is 41.5 Å². The standard InChI is InChI=1S/C16H17NO4/c1-9(2)17-15(19)12-6-4-5-11-13(12)7-10(8-14(11)18)16(20)21-3/h4-9,18H,1-3H3,(H,17,19). The molecule has 0 bridgehead atoms. The molecule has 5 heteroatoms. The normalized spacial score (nSPS) is 10.7. The first-order valence-electron chi connectivity index (χ1n) is 6.59. The van der Waals surface area contributed by atoms with Crippen LogP contribution in [0.2, 0.25) is 0 Å². The minimum atomic E-state index is -0.564. The van der Waals surface area contributed by atoms with Gasteiger partial charge in [-0.1, -0.05) is 12.1 Å². The second kappa shape index (κ2) is 5.83. The number of hydrogen-bond acceptors (Lipinski definition) is 4. The van der Waals surface area contributed by atoms with Crippen LogP contribution >= 0.6 is 0 Å². The number of carbonyl (C=O) groups is 2. The number of aromatic hydroxyl groups is 1. The van der Waals surface area contributed by atoms with Crippen LogP contribution in [0.3, 0.4) is 0 Å². The van der Waals surface area contributed by atoms with E-state index in [2.05, 4.69) is 10.1 Å². The third-order valence-corrected chi connectivity index (χ3v) is 3.06. The Labute approximate surface area is 122 Å². The van der Waals surface area contributed by atoms with Gasteiger partial charge in [0.2, 0.25) is 0 Å². The Morgan fingerprint density at radius 1 is 1.19 bits per heavy atom. The van der Waals surface area contributed by atoms with Crippen LogP contribution in [0.1, 0.15) is 34.6 Å². The lowest BCUT2D eigenvalue weighted by Crippen LogP contribution is -2.30. The molecule has 0 radical (unpaired) electrons. The predicted molar refractivity (Wildman–Crippen MR) is 79.6 cm³/mol. The maximum atomic E-state index is 12.2. The molecule has 2 aromatic carbocycles. The molecular formula is C16H17NO4. The van der Waals surface area contributed by atoms with Crippen LogP contribution in [0.4, 0.5) is 0 Å². The number of methoxy groups -OCH3 is 1. The Kier molecular flexibility index (Phi) is 4.12. The van der Waals surface area contributed by atoms with Crippen molar-refractivity contribution in [3.63, 3.8) is 0 Å². The highest BCUT2D eigenvalue weighted by Crippen LogP contribution is 2.29. The monoisotopic (exact) mass is 287 g/mol. The van der Waals surface area contributed by atoms with E-state index >= 15 is 0 Å². The van der Waals surface area contributed by atoms with Crippen molar-refractivity contribution in [1.29, 1.82) is 0 Å². The molecule has 1 amide bonds. The van der Waals surface area contributed by atoms with E-state index in [0.29, 0.717) is 16.3 Å². The van der Waals surface area contributed by atoms with Gasteiger partial charge in [-0.2, -0.15) is 0 Å². The van der Waals surface area contributed by atoms with Crippen molar-refractivity contribution < 1.29 is 19.4 Å². The van der Waals surface area contributed by atoms with Crippen LogP contribution in [-0.4, -0.2) is 30.1 Å². The molecule has 0 spiro atoms. The lowest BCUT2D eigenvalue weighted by molar-refractivity contribution is 0.0600. The van der Waals surface area contributed by atoms with E-state index in [1.807, 2.05) is 13.8 Å². The molecular weight excluding hydrogens is 270 g/mol. The van der Waals surface area contributed by atoms with Gasteiger partial charge in [-0.3, -0.25) is 4.79 Å². The molecule has 0 aliphatic rings. The van der Waals surface area contributed by atoms with Gasteiger partial charge in [0.1, 0.15) is 5.75 Å². The van der Waals surface area contributed by atoms with Gasteiger partial charge in [0.25, 0.3) is 5.91 Å². The molecule has 0 atom stereocenters. The Bertz CT molecular complexity index is 707. The first-order chi connectivity index (χ1) is 9.93. The number of amides is 1. The fourth-order valence-corrected chi connectivity index (χ4v) is 2.14. The summed E-state index contributed by atoms with van der Waals surface area (Å²) in [7, 11) is 1.26.